The van der Waals surface area contributed by atoms with Crippen molar-refractivity contribution in [1.29, 1.82) is 0 Å². The molecule has 0 unspecified atom stereocenters. The van der Waals surface area contributed by atoms with Crippen molar-refractivity contribution >= 4 is 38.3 Å². The molecule has 98 valence electrons. The first kappa shape index (κ1) is 16.1. The van der Waals surface area contributed by atoms with Crippen LogP contribution in [-0.2, 0) is 20.2 Å². The summed E-state index contributed by atoms with van der Waals surface area (Å²) in [6.07, 6.45) is 0. The van der Waals surface area contributed by atoms with Crippen LogP contribution in [0, 0.1) is 0 Å². The van der Waals surface area contributed by atoms with Crippen LogP contribution in [0.2, 0.25) is 0 Å². The summed E-state index contributed by atoms with van der Waals surface area (Å²) in [5.74, 6) is 4.97. The summed E-state index contributed by atoms with van der Waals surface area (Å²) in [6.45, 7) is 0. The summed E-state index contributed by atoms with van der Waals surface area (Å²) in [7, 11) is -9.18. The van der Waals surface area contributed by atoms with Crippen LogP contribution in [0.4, 0.5) is 5.69 Å². The molecular formula is C6H9ClN2O6S2. The van der Waals surface area contributed by atoms with E-state index in [-0.39, 0.29) is 18.1 Å². The van der Waals surface area contributed by atoms with E-state index in [0.717, 1.165) is 12.1 Å². The fourth-order valence-corrected chi connectivity index (χ4v) is 2.13. The SMILES string of the molecule is Cl.NNc1cc(S(=O)(=O)O)cc(S(=O)(=O)O)c1. The predicted molar refractivity (Wildman–Crippen MR) is 61.1 cm³/mol. The molecule has 0 aliphatic rings. The third-order valence-corrected chi connectivity index (χ3v) is 3.31. The van der Waals surface area contributed by atoms with Crippen LogP contribution < -0.4 is 11.3 Å². The first-order valence-corrected chi connectivity index (χ1v) is 6.59. The summed E-state index contributed by atoms with van der Waals surface area (Å²) in [6, 6.07) is 2.42. The Kier molecular flexibility index (Phi) is 4.89. The maximum atomic E-state index is 10.8. The number of hydrazine groups is 1. The average molecular weight is 305 g/mol. The molecule has 0 amide bonds. The highest BCUT2D eigenvalue weighted by molar-refractivity contribution is 7.86. The molecule has 8 nitrogen and oxygen atoms in total. The van der Waals surface area contributed by atoms with Crippen molar-refractivity contribution in [1.82, 2.24) is 0 Å². The van der Waals surface area contributed by atoms with Crippen molar-refractivity contribution in [2.24, 2.45) is 5.84 Å². The Morgan fingerprint density at radius 2 is 1.29 bits per heavy atom. The normalized spacial score (nSPS) is 11.7. The number of hydrogen-bond donors (Lipinski definition) is 4. The molecule has 0 aromatic heterocycles. The first-order chi connectivity index (χ1) is 7.14. The van der Waals surface area contributed by atoms with Gasteiger partial charge in [0.1, 0.15) is 0 Å². The number of nitrogen functional groups attached to an aromatic ring is 1. The third kappa shape index (κ3) is 4.11. The Morgan fingerprint density at radius 3 is 1.53 bits per heavy atom. The summed E-state index contributed by atoms with van der Waals surface area (Å²) in [5.41, 5.74) is 1.91. The molecule has 0 saturated heterocycles. The van der Waals surface area contributed by atoms with Gasteiger partial charge in [-0.15, -0.1) is 12.4 Å². The summed E-state index contributed by atoms with van der Waals surface area (Å²) < 4.78 is 60.6. The quantitative estimate of drug-likeness (QED) is 0.343. The highest BCUT2D eigenvalue weighted by atomic mass is 35.5. The van der Waals surface area contributed by atoms with Crippen LogP contribution in [0.5, 0.6) is 0 Å². The Morgan fingerprint density at radius 1 is 0.941 bits per heavy atom. The second-order valence-corrected chi connectivity index (χ2v) is 5.63. The smallest absolute Gasteiger partial charge is 0.294 e. The van der Waals surface area contributed by atoms with E-state index in [1.54, 1.807) is 0 Å². The molecule has 1 aromatic rings. The molecule has 1 rings (SSSR count). The van der Waals surface area contributed by atoms with E-state index in [1.165, 1.54) is 0 Å². The van der Waals surface area contributed by atoms with Gasteiger partial charge in [-0.25, -0.2) is 0 Å². The number of nitrogens with two attached hydrogens (primary N) is 1. The van der Waals surface area contributed by atoms with E-state index in [9.17, 15) is 16.8 Å². The second kappa shape index (κ2) is 5.16. The summed E-state index contributed by atoms with van der Waals surface area (Å²) in [5, 5.41) is 0. The average Bonchev–Trinajstić information content (AvgIpc) is 2.14. The lowest BCUT2D eigenvalue weighted by Crippen LogP contribution is -2.10. The molecule has 0 bridgehead atoms. The van der Waals surface area contributed by atoms with E-state index in [2.05, 4.69) is 0 Å². The lowest BCUT2D eigenvalue weighted by atomic mass is 10.3. The minimum Gasteiger partial charge on any atom is -0.324 e. The van der Waals surface area contributed by atoms with E-state index in [0.29, 0.717) is 6.07 Å². The molecular weight excluding hydrogens is 296 g/mol. The third-order valence-electron chi connectivity index (χ3n) is 1.64. The maximum Gasteiger partial charge on any atom is 0.294 e. The topological polar surface area (TPSA) is 147 Å². The molecule has 17 heavy (non-hydrogen) atoms. The Hall–Kier alpha value is -0.910. The minimum atomic E-state index is -4.59. The van der Waals surface area contributed by atoms with E-state index < -0.39 is 30.0 Å². The van der Waals surface area contributed by atoms with Crippen molar-refractivity contribution < 1.29 is 25.9 Å². The van der Waals surface area contributed by atoms with Gasteiger partial charge in [0, 0.05) is 0 Å². The molecule has 11 heteroatoms. The molecule has 0 aliphatic heterocycles. The van der Waals surface area contributed by atoms with Crippen LogP contribution >= 0.6 is 12.4 Å². The van der Waals surface area contributed by atoms with Gasteiger partial charge < -0.3 is 5.43 Å². The highest BCUT2D eigenvalue weighted by Gasteiger charge is 2.17. The summed E-state index contributed by atoms with van der Waals surface area (Å²) in [4.78, 5) is -1.40. The Bertz CT molecular complexity index is 561. The van der Waals surface area contributed by atoms with Gasteiger partial charge >= 0.3 is 0 Å². The van der Waals surface area contributed by atoms with Crippen molar-refractivity contribution in [3.05, 3.63) is 18.2 Å². The molecule has 0 heterocycles. The molecule has 0 fully saturated rings. The largest absolute Gasteiger partial charge is 0.324 e. The van der Waals surface area contributed by atoms with Gasteiger partial charge in [0.25, 0.3) is 20.2 Å². The van der Waals surface area contributed by atoms with E-state index in [1.807, 2.05) is 5.43 Å². The van der Waals surface area contributed by atoms with Gasteiger partial charge in [0.2, 0.25) is 0 Å². The molecule has 0 saturated carbocycles. The number of halogens is 1. The number of rotatable bonds is 3. The van der Waals surface area contributed by atoms with Crippen molar-refractivity contribution in [2.75, 3.05) is 5.43 Å². The maximum absolute atomic E-state index is 10.8. The van der Waals surface area contributed by atoms with Gasteiger partial charge in [-0.3, -0.25) is 14.9 Å². The Balaban J connectivity index is 0.00000256. The molecule has 5 N–H and O–H groups in total. The van der Waals surface area contributed by atoms with Crippen molar-refractivity contribution in [3.63, 3.8) is 0 Å². The van der Waals surface area contributed by atoms with Crippen LogP contribution in [0.15, 0.2) is 28.0 Å². The monoisotopic (exact) mass is 304 g/mol. The zero-order valence-electron chi connectivity index (χ0n) is 8.06. The standard InChI is InChI=1S/C6H8N2O6S2.ClH/c7-8-4-1-5(15(9,10)11)3-6(2-4)16(12,13)14;/h1-3,8H,7H2,(H,9,10,11)(H,12,13,14);1H. The fourth-order valence-electron chi connectivity index (χ4n) is 0.953. The molecule has 0 aliphatic carbocycles. The van der Waals surface area contributed by atoms with Gasteiger partial charge in [-0.2, -0.15) is 16.8 Å². The van der Waals surface area contributed by atoms with E-state index >= 15 is 0 Å². The van der Waals surface area contributed by atoms with Crippen LogP contribution in [0.25, 0.3) is 0 Å². The molecule has 1 aromatic carbocycles. The zero-order valence-corrected chi connectivity index (χ0v) is 10.5. The minimum absolute atomic E-state index is 0. The Labute approximate surface area is 104 Å². The van der Waals surface area contributed by atoms with Crippen LogP contribution in [0.1, 0.15) is 0 Å². The van der Waals surface area contributed by atoms with Gasteiger partial charge in [-0.05, 0) is 18.2 Å². The van der Waals surface area contributed by atoms with Gasteiger partial charge in [-0.1, -0.05) is 0 Å². The van der Waals surface area contributed by atoms with Gasteiger partial charge in [0.15, 0.2) is 0 Å². The first-order valence-electron chi connectivity index (χ1n) is 3.71. The fraction of sp³-hybridized carbons (Fsp3) is 0. The molecule has 0 spiro atoms. The number of anilines is 1. The lowest BCUT2D eigenvalue weighted by molar-refractivity contribution is 0.481. The van der Waals surface area contributed by atoms with Crippen LogP contribution in [-0.4, -0.2) is 25.9 Å². The van der Waals surface area contributed by atoms with Crippen molar-refractivity contribution in [2.45, 2.75) is 9.79 Å². The number of nitrogens with one attached hydrogen (secondary N) is 1. The van der Waals surface area contributed by atoms with Gasteiger partial charge in [0.05, 0.1) is 15.5 Å². The zero-order chi connectivity index (χ0) is 12.6. The lowest BCUT2D eigenvalue weighted by Gasteiger charge is -2.05. The second-order valence-electron chi connectivity index (χ2n) is 2.79. The predicted octanol–water partition coefficient (Wildman–Crippen LogP) is -0.113. The number of benzene rings is 1. The van der Waals surface area contributed by atoms with Crippen molar-refractivity contribution in [3.8, 4) is 0 Å². The van der Waals surface area contributed by atoms with Crippen LogP contribution in [0.3, 0.4) is 0 Å². The number of hydrogen-bond acceptors (Lipinski definition) is 6. The molecule has 0 atom stereocenters. The summed E-state index contributed by atoms with van der Waals surface area (Å²) >= 11 is 0. The highest BCUT2D eigenvalue weighted by Crippen LogP contribution is 2.21. The molecule has 0 radical (unpaired) electrons. The van der Waals surface area contributed by atoms with E-state index in [4.69, 9.17) is 14.9 Å².